The third-order valence-corrected chi connectivity index (χ3v) is 6.49. The third-order valence-electron chi connectivity index (χ3n) is 6.49. The molecule has 2 atom stereocenters. The Labute approximate surface area is 161 Å². The number of rotatable bonds is 3. The molecule has 148 valence electrons. The van der Waals surface area contributed by atoms with E-state index in [0.717, 1.165) is 43.1 Å². The Balaban J connectivity index is 1.62. The van der Waals surface area contributed by atoms with Gasteiger partial charge in [0.1, 0.15) is 18.0 Å². The summed E-state index contributed by atoms with van der Waals surface area (Å²) >= 11 is 0. The van der Waals surface area contributed by atoms with Crippen molar-refractivity contribution in [2.45, 2.75) is 64.1 Å². The number of anilines is 2. The molecule has 2 aliphatic heterocycles. The summed E-state index contributed by atoms with van der Waals surface area (Å²) in [5, 5.41) is 7.11. The van der Waals surface area contributed by atoms with E-state index in [4.69, 9.17) is 0 Å². The molecule has 7 heteroatoms. The van der Waals surface area contributed by atoms with Crippen molar-refractivity contribution in [2.24, 2.45) is 5.92 Å². The van der Waals surface area contributed by atoms with Crippen molar-refractivity contribution in [1.29, 1.82) is 0 Å². The second kappa shape index (κ2) is 8.00. The molecule has 27 heavy (non-hydrogen) atoms. The monoisotopic (exact) mass is 372 g/mol. The van der Waals surface area contributed by atoms with Crippen molar-refractivity contribution in [1.82, 2.24) is 20.2 Å². The van der Waals surface area contributed by atoms with Crippen LogP contribution in [0, 0.1) is 5.92 Å². The van der Waals surface area contributed by atoms with E-state index in [1.807, 2.05) is 11.9 Å². The standard InChI is InChI=1S/C20H32N6O/c1-14-5-3-4-6-17(14)24-19-16-11-26(15-7-9-21-10-8-15)18(27)12-25(2)20(16)23-13-22-19/h13-15,17,21H,3-12H2,1-2H3,(H,22,23,24). The fraction of sp³-hybridized carbons (Fsp3) is 0.750. The Bertz CT molecular complexity index is 674. The number of carbonyl (C=O) groups excluding carboxylic acids is 1. The predicted molar refractivity (Wildman–Crippen MR) is 107 cm³/mol. The van der Waals surface area contributed by atoms with Crippen LogP contribution in [0.1, 0.15) is 51.0 Å². The molecule has 1 amide bonds. The molecule has 1 saturated heterocycles. The van der Waals surface area contributed by atoms with Crippen molar-refractivity contribution in [2.75, 3.05) is 36.9 Å². The number of hydrogen-bond donors (Lipinski definition) is 2. The van der Waals surface area contributed by atoms with Gasteiger partial charge in [0, 0.05) is 19.1 Å². The zero-order valence-corrected chi connectivity index (χ0v) is 16.6. The highest BCUT2D eigenvalue weighted by atomic mass is 16.2. The molecule has 4 rings (SSSR count). The normalized spacial score (nSPS) is 27.3. The highest BCUT2D eigenvalue weighted by Crippen LogP contribution is 2.32. The quantitative estimate of drug-likeness (QED) is 0.845. The number of fused-ring (bicyclic) bond motifs is 1. The number of carbonyl (C=O) groups is 1. The first kappa shape index (κ1) is 18.5. The summed E-state index contributed by atoms with van der Waals surface area (Å²) in [7, 11) is 1.96. The summed E-state index contributed by atoms with van der Waals surface area (Å²) in [5.74, 6) is 2.65. The first-order chi connectivity index (χ1) is 13.1. The highest BCUT2D eigenvalue weighted by Gasteiger charge is 2.33. The van der Waals surface area contributed by atoms with Gasteiger partial charge in [0.05, 0.1) is 18.7 Å². The van der Waals surface area contributed by atoms with Gasteiger partial charge in [-0.3, -0.25) is 4.79 Å². The van der Waals surface area contributed by atoms with Crippen LogP contribution in [0.15, 0.2) is 6.33 Å². The van der Waals surface area contributed by atoms with Gasteiger partial charge in [-0.25, -0.2) is 9.97 Å². The van der Waals surface area contributed by atoms with Crippen LogP contribution in [0.3, 0.4) is 0 Å². The average molecular weight is 373 g/mol. The summed E-state index contributed by atoms with van der Waals surface area (Å²) in [5.41, 5.74) is 1.07. The number of hydrogen-bond acceptors (Lipinski definition) is 6. The van der Waals surface area contributed by atoms with Crippen LogP contribution in [0.5, 0.6) is 0 Å². The number of nitrogens with one attached hydrogen (secondary N) is 2. The van der Waals surface area contributed by atoms with Gasteiger partial charge in [0.25, 0.3) is 0 Å². The van der Waals surface area contributed by atoms with Crippen LogP contribution in [-0.2, 0) is 11.3 Å². The van der Waals surface area contributed by atoms with Gasteiger partial charge >= 0.3 is 0 Å². The molecule has 7 nitrogen and oxygen atoms in total. The molecule has 0 radical (unpaired) electrons. The van der Waals surface area contributed by atoms with Gasteiger partial charge in [0.2, 0.25) is 5.91 Å². The number of nitrogens with zero attached hydrogens (tertiary/aromatic N) is 4. The number of piperidine rings is 1. The summed E-state index contributed by atoms with van der Waals surface area (Å²) < 4.78 is 0. The largest absolute Gasteiger partial charge is 0.367 e. The van der Waals surface area contributed by atoms with Crippen molar-refractivity contribution >= 4 is 17.5 Å². The molecule has 1 aromatic rings. The van der Waals surface area contributed by atoms with Gasteiger partial charge in [-0.2, -0.15) is 0 Å². The summed E-state index contributed by atoms with van der Waals surface area (Å²) in [6.45, 7) is 5.27. The predicted octanol–water partition coefficient (Wildman–Crippen LogP) is 2.00. The Hall–Kier alpha value is -1.89. The van der Waals surface area contributed by atoms with E-state index in [9.17, 15) is 4.79 Å². The third kappa shape index (κ3) is 3.88. The Morgan fingerprint density at radius 2 is 1.89 bits per heavy atom. The molecule has 2 N–H and O–H groups in total. The maximum absolute atomic E-state index is 12.9. The fourth-order valence-corrected chi connectivity index (χ4v) is 4.79. The van der Waals surface area contributed by atoms with E-state index >= 15 is 0 Å². The molecule has 0 bridgehead atoms. The molecular formula is C20H32N6O. The molecule has 2 unspecified atom stereocenters. The minimum absolute atomic E-state index is 0.194. The maximum atomic E-state index is 12.9. The zero-order valence-electron chi connectivity index (χ0n) is 16.6. The van der Waals surface area contributed by atoms with Crippen molar-refractivity contribution in [3.63, 3.8) is 0 Å². The van der Waals surface area contributed by atoms with Gasteiger partial charge in [0.15, 0.2) is 0 Å². The summed E-state index contributed by atoms with van der Waals surface area (Å²) in [4.78, 5) is 26.1. The second-order valence-electron chi connectivity index (χ2n) is 8.40. The van der Waals surface area contributed by atoms with Crippen LogP contribution >= 0.6 is 0 Å². The Morgan fingerprint density at radius 3 is 2.67 bits per heavy atom. The van der Waals surface area contributed by atoms with Gasteiger partial charge in [-0.15, -0.1) is 0 Å². The first-order valence-electron chi connectivity index (χ1n) is 10.4. The van der Waals surface area contributed by atoms with E-state index in [1.165, 1.54) is 25.7 Å². The lowest BCUT2D eigenvalue weighted by atomic mass is 9.86. The lowest BCUT2D eigenvalue weighted by Gasteiger charge is -2.34. The zero-order chi connectivity index (χ0) is 18.8. The molecule has 0 spiro atoms. The summed E-state index contributed by atoms with van der Waals surface area (Å²) in [6.07, 6.45) is 8.71. The lowest BCUT2D eigenvalue weighted by Crippen LogP contribution is -2.47. The van der Waals surface area contributed by atoms with Crippen molar-refractivity contribution in [3.05, 3.63) is 11.9 Å². The van der Waals surface area contributed by atoms with E-state index < -0.39 is 0 Å². The molecule has 1 saturated carbocycles. The molecule has 1 aliphatic carbocycles. The van der Waals surface area contributed by atoms with Crippen molar-refractivity contribution < 1.29 is 4.79 Å². The lowest BCUT2D eigenvalue weighted by molar-refractivity contribution is -0.133. The Morgan fingerprint density at radius 1 is 1.11 bits per heavy atom. The highest BCUT2D eigenvalue weighted by molar-refractivity contribution is 5.84. The van der Waals surface area contributed by atoms with Gasteiger partial charge in [-0.1, -0.05) is 19.8 Å². The minimum atomic E-state index is 0.194. The molecule has 3 aliphatic rings. The smallest absolute Gasteiger partial charge is 0.242 e. The first-order valence-corrected chi connectivity index (χ1v) is 10.4. The summed E-state index contributed by atoms with van der Waals surface area (Å²) in [6, 6.07) is 0.758. The molecule has 0 aromatic carbocycles. The number of likely N-dealkylation sites (N-methyl/N-ethyl adjacent to an activating group) is 1. The SMILES string of the molecule is CC1CCCCC1Nc1ncnc2c1CN(C1CCNCC1)C(=O)CN2C. The molecule has 1 aromatic heterocycles. The van der Waals surface area contributed by atoms with Crippen LogP contribution in [0.25, 0.3) is 0 Å². The molecule has 3 heterocycles. The average Bonchev–Trinajstić information content (AvgIpc) is 2.81. The van der Waals surface area contributed by atoms with E-state index in [0.29, 0.717) is 31.1 Å². The second-order valence-corrected chi connectivity index (χ2v) is 8.40. The van der Waals surface area contributed by atoms with Crippen molar-refractivity contribution in [3.8, 4) is 0 Å². The maximum Gasteiger partial charge on any atom is 0.242 e. The molecule has 2 fully saturated rings. The molecular weight excluding hydrogens is 340 g/mol. The van der Waals surface area contributed by atoms with Crippen LogP contribution in [0.2, 0.25) is 0 Å². The van der Waals surface area contributed by atoms with E-state index in [-0.39, 0.29) is 5.91 Å². The minimum Gasteiger partial charge on any atom is -0.367 e. The number of aromatic nitrogens is 2. The number of amides is 1. The van der Waals surface area contributed by atoms with Gasteiger partial charge in [-0.05, 0) is 44.7 Å². The fourth-order valence-electron chi connectivity index (χ4n) is 4.79. The van der Waals surface area contributed by atoms with Gasteiger partial charge < -0.3 is 20.4 Å². The van der Waals surface area contributed by atoms with E-state index in [1.54, 1.807) is 6.33 Å². The topological polar surface area (TPSA) is 73.4 Å². The Kier molecular flexibility index (Phi) is 5.48. The van der Waals surface area contributed by atoms with Crippen LogP contribution in [-0.4, -0.2) is 59.5 Å². The van der Waals surface area contributed by atoms with Crippen LogP contribution < -0.4 is 15.5 Å². The van der Waals surface area contributed by atoms with Crippen LogP contribution in [0.4, 0.5) is 11.6 Å². The van der Waals surface area contributed by atoms with E-state index in [2.05, 4.69) is 32.4 Å².